The molecule has 0 aliphatic carbocycles. The molecule has 1 aromatic rings. The SMILES string of the molecule is Cc1cccc(C2=CC=CNC2Cl)n1. The highest BCUT2D eigenvalue weighted by atomic mass is 35.5. The van der Waals surface area contributed by atoms with Crippen molar-refractivity contribution < 1.29 is 0 Å². The monoisotopic (exact) mass is 206 g/mol. The Morgan fingerprint density at radius 1 is 1.43 bits per heavy atom. The van der Waals surface area contributed by atoms with Crippen LogP contribution in [-0.4, -0.2) is 10.5 Å². The zero-order valence-corrected chi connectivity index (χ0v) is 8.62. The Labute approximate surface area is 88.3 Å². The van der Waals surface area contributed by atoms with Gasteiger partial charge in [-0.15, -0.1) is 0 Å². The first kappa shape index (κ1) is 9.28. The molecule has 1 aliphatic rings. The first-order chi connectivity index (χ1) is 6.77. The number of aryl methyl sites for hydroxylation is 1. The minimum absolute atomic E-state index is 0.186. The standard InChI is InChI=1S/C11H11ClN2/c1-8-4-2-6-10(14-8)9-5-3-7-13-11(9)12/h2-7,11,13H,1H3. The van der Waals surface area contributed by atoms with Crippen LogP contribution in [0.15, 0.2) is 36.6 Å². The summed E-state index contributed by atoms with van der Waals surface area (Å²) >= 11 is 6.10. The summed E-state index contributed by atoms with van der Waals surface area (Å²) in [4.78, 5) is 4.42. The topological polar surface area (TPSA) is 24.9 Å². The molecule has 14 heavy (non-hydrogen) atoms. The van der Waals surface area contributed by atoms with Crippen LogP contribution in [0.4, 0.5) is 0 Å². The maximum atomic E-state index is 6.10. The lowest BCUT2D eigenvalue weighted by Gasteiger charge is -2.16. The summed E-state index contributed by atoms with van der Waals surface area (Å²) < 4.78 is 0. The van der Waals surface area contributed by atoms with E-state index < -0.39 is 0 Å². The van der Waals surface area contributed by atoms with E-state index in [1.165, 1.54) is 0 Å². The lowest BCUT2D eigenvalue weighted by molar-refractivity contribution is 0.910. The van der Waals surface area contributed by atoms with Gasteiger partial charge in [-0.25, -0.2) is 0 Å². The zero-order chi connectivity index (χ0) is 9.97. The molecule has 3 heteroatoms. The summed E-state index contributed by atoms with van der Waals surface area (Å²) in [5.74, 6) is 0. The number of hydrogen-bond donors (Lipinski definition) is 1. The third-order valence-electron chi connectivity index (χ3n) is 2.07. The van der Waals surface area contributed by atoms with Gasteiger partial charge < -0.3 is 5.32 Å². The normalized spacial score (nSPS) is 20.1. The predicted octanol–water partition coefficient (Wildman–Crippen LogP) is 2.46. The number of hydrogen-bond acceptors (Lipinski definition) is 2. The fraction of sp³-hybridized carbons (Fsp3) is 0.182. The van der Waals surface area contributed by atoms with Crippen molar-refractivity contribution in [1.82, 2.24) is 10.3 Å². The Morgan fingerprint density at radius 2 is 2.29 bits per heavy atom. The average Bonchev–Trinajstić information content (AvgIpc) is 2.18. The van der Waals surface area contributed by atoms with Gasteiger partial charge in [-0.05, 0) is 31.3 Å². The molecule has 1 aliphatic heterocycles. The zero-order valence-electron chi connectivity index (χ0n) is 7.87. The summed E-state index contributed by atoms with van der Waals surface area (Å²) in [5, 5.41) is 3.03. The van der Waals surface area contributed by atoms with Gasteiger partial charge in [-0.1, -0.05) is 23.7 Å². The molecule has 72 valence electrons. The molecule has 2 heterocycles. The van der Waals surface area contributed by atoms with Gasteiger partial charge >= 0.3 is 0 Å². The van der Waals surface area contributed by atoms with E-state index in [2.05, 4.69) is 10.3 Å². The summed E-state index contributed by atoms with van der Waals surface area (Å²) in [7, 11) is 0. The first-order valence-electron chi connectivity index (χ1n) is 4.48. The highest BCUT2D eigenvalue weighted by molar-refractivity contribution is 6.26. The number of pyridine rings is 1. The van der Waals surface area contributed by atoms with E-state index >= 15 is 0 Å². The third kappa shape index (κ3) is 1.80. The molecular formula is C11H11ClN2. The summed E-state index contributed by atoms with van der Waals surface area (Å²) in [6.07, 6.45) is 5.74. The maximum absolute atomic E-state index is 6.10. The largest absolute Gasteiger partial charge is 0.372 e. The molecule has 0 fully saturated rings. The number of dihydropyridines is 1. The van der Waals surface area contributed by atoms with Crippen molar-refractivity contribution in [1.29, 1.82) is 0 Å². The lowest BCUT2D eigenvalue weighted by atomic mass is 10.1. The van der Waals surface area contributed by atoms with E-state index in [1.54, 1.807) is 0 Å². The minimum atomic E-state index is -0.186. The van der Waals surface area contributed by atoms with Crippen LogP contribution in [-0.2, 0) is 0 Å². The molecule has 0 radical (unpaired) electrons. The highest BCUT2D eigenvalue weighted by Crippen LogP contribution is 2.21. The van der Waals surface area contributed by atoms with Gasteiger partial charge in [-0.3, -0.25) is 4.98 Å². The molecule has 1 unspecified atom stereocenters. The second kappa shape index (κ2) is 3.84. The molecule has 0 spiro atoms. The van der Waals surface area contributed by atoms with Gasteiger partial charge in [0.15, 0.2) is 0 Å². The van der Waals surface area contributed by atoms with Crippen LogP contribution < -0.4 is 5.32 Å². The Bertz CT molecular complexity index is 396. The Kier molecular flexibility index (Phi) is 2.55. The maximum Gasteiger partial charge on any atom is 0.129 e. The average molecular weight is 207 g/mol. The molecular weight excluding hydrogens is 196 g/mol. The van der Waals surface area contributed by atoms with Gasteiger partial charge in [0.05, 0.1) is 5.69 Å². The van der Waals surface area contributed by atoms with Gasteiger partial charge in [0.1, 0.15) is 5.50 Å². The fourth-order valence-corrected chi connectivity index (χ4v) is 1.64. The van der Waals surface area contributed by atoms with Crippen molar-refractivity contribution in [2.45, 2.75) is 12.4 Å². The van der Waals surface area contributed by atoms with Crippen LogP contribution >= 0.6 is 11.6 Å². The Balaban J connectivity index is 2.39. The smallest absolute Gasteiger partial charge is 0.129 e. The molecule has 0 aromatic carbocycles. The second-order valence-electron chi connectivity index (χ2n) is 3.17. The second-order valence-corrected chi connectivity index (χ2v) is 3.61. The van der Waals surface area contributed by atoms with Crippen LogP contribution in [0.1, 0.15) is 11.4 Å². The first-order valence-corrected chi connectivity index (χ1v) is 4.92. The lowest BCUT2D eigenvalue weighted by Crippen LogP contribution is -2.22. The number of aromatic nitrogens is 1. The van der Waals surface area contributed by atoms with Crippen LogP contribution in [0.3, 0.4) is 0 Å². The molecule has 0 amide bonds. The van der Waals surface area contributed by atoms with Crippen LogP contribution in [0.25, 0.3) is 5.57 Å². The number of allylic oxidation sites excluding steroid dienone is 2. The number of alkyl halides is 1. The summed E-state index contributed by atoms with van der Waals surface area (Å²) in [6, 6.07) is 5.93. The quantitative estimate of drug-likeness (QED) is 0.564. The van der Waals surface area contributed by atoms with E-state index in [1.807, 2.05) is 43.5 Å². The number of rotatable bonds is 1. The molecule has 1 aromatic heterocycles. The van der Waals surface area contributed by atoms with Crippen molar-refractivity contribution in [3.63, 3.8) is 0 Å². The number of nitrogens with one attached hydrogen (secondary N) is 1. The third-order valence-corrected chi connectivity index (χ3v) is 2.43. The predicted molar refractivity (Wildman–Crippen MR) is 58.9 cm³/mol. The molecule has 0 bridgehead atoms. The van der Waals surface area contributed by atoms with Crippen molar-refractivity contribution >= 4 is 17.2 Å². The summed E-state index contributed by atoms with van der Waals surface area (Å²) in [5.41, 5.74) is 2.76. The van der Waals surface area contributed by atoms with Crippen molar-refractivity contribution in [3.8, 4) is 0 Å². The Morgan fingerprint density at radius 3 is 3.00 bits per heavy atom. The molecule has 1 atom stereocenters. The Hall–Kier alpha value is -1.28. The van der Waals surface area contributed by atoms with Gasteiger partial charge in [0.25, 0.3) is 0 Å². The van der Waals surface area contributed by atoms with Crippen LogP contribution in [0, 0.1) is 6.92 Å². The van der Waals surface area contributed by atoms with Crippen LogP contribution in [0.5, 0.6) is 0 Å². The van der Waals surface area contributed by atoms with Gasteiger partial charge in [0.2, 0.25) is 0 Å². The van der Waals surface area contributed by atoms with Crippen molar-refractivity contribution in [2.75, 3.05) is 0 Å². The van der Waals surface area contributed by atoms with Gasteiger partial charge in [0, 0.05) is 11.3 Å². The van der Waals surface area contributed by atoms with Crippen LogP contribution in [0.2, 0.25) is 0 Å². The number of nitrogens with zero attached hydrogens (tertiary/aromatic N) is 1. The van der Waals surface area contributed by atoms with E-state index in [4.69, 9.17) is 11.6 Å². The van der Waals surface area contributed by atoms with Crippen molar-refractivity contribution in [3.05, 3.63) is 47.9 Å². The van der Waals surface area contributed by atoms with E-state index in [9.17, 15) is 0 Å². The number of halogens is 1. The minimum Gasteiger partial charge on any atom is -0.372 e. The highest BCUT2D eigenvalue weighted by Gasteiger charge is 2.14. The molecule has 2 nitrogen and oxygen atoms in total. The molecule has 1 N–H and O–H groups in total. The van der Waals surface area contributed by atoms with E-state index in [0.29, 0.717) is 0 Å². The molecule has 2 rings (SSSR count). The fourth-order valence-electron chi connectivity index (χ4n) is 1.39. The van der Waals surface area contributed by atoms with E-state index in [-0.39, 0.29) is 5.50 Å². The molecule has 0 saturated carbocycles. The van der Waals surface area contributed by atoms with E-state index in [0.717, 1.165) is 17.0 Å². The van der Waals surface area contributed by atoms with Gasteiger partial charge in [-0.2, -0.15) is 0 Å². The van der Waals surface area contributed by atoms with Crippen molar-refractivity contribution in [2.24, 2.45) is 0 Å². The molecule has 0 saturated heterocycles. The summed E-state index contributed by atoms with van der Waals surface area (Å²) in [6.45, 7) is 1.97.